The molecule has 1 N–H and O–H groups in total. The quantitative estimate of drug-likeness (QED) is 0.492. The summed E-state index contributed by atoms with van der Waals surface area (Å²) in [5.74, 6) is 0.955. The zero-order valence-corrected chi connectivity index (χ0v) is 18.5. The van der Waals surface area contributed by atoms with Crippen LogP contribution in [-0.2, 0) is 19.5 Å². The van der Waals surface area contributed by atoms with Crippen LogP contribution < -0.4 is 10.1 Å². The number of hydrogen-bond donors (Lipinski definition) is 1. The molecule has 0 bridgehead atoms. The monoisotopic (exact) mass is 461 g/mol. The normalized spacial score (nSPS) is 16.9. The standard InChI is InChI=1S/C24H20FN5O2S/c25-18-3-4-19-14(5-7-32-19)16(18)9-26-24-27-10-17-15-6-8-33-20(15)11-29(13-1-2-13)23(31)21-22(17)30(24)12-28-21/h3-4,6,8,10,12-13H,1-2,5,7,9,11H2,(H,26,27). The van der Waals surface area contributed by atoms with Crippen molar-refractivity contribution in [2.45, 2.75) is 38.4 Å². The molecule has 1 aliphatic carbocycles. The van der Waals surface area contributed by atoms with E-state index >= 15 is 0 Å². The van der Waals surface area contributed by atoms with E-state index in [4.69, 9.17) is 4.74 Å². The van der Waals surface area contributed by atoms with Gasteiger partial charge >= 0.3 is 0 Å². The van der Waals surface area contributed by atoms with Crippen LogP contribution in [0.25, 0.3) is 16.6 Å². The molecule has 0 saturated heterocycles. The second kappa shape index (κ2) is 7.02. The SMILES string of the molecule is O=C1c2ncn3c(NCc4c(F)ccc5c4CCO5)ncc(c23)-c2ccsc2CN1C1CC1. The molecule has 5 heterocycles. The Morgan fingerprint density at radius 1 is 1.21 bits per heavy atom. The third-order valence-corrected chi connectivity index (χ3v) is 7.64. The molecule has 0 radical (unpaired) electrons. The number of ether oxygens (including phenoxy) is 1. The average molecular weight is 462 g/mol. The van der Waals surface area contributed by atoms with E-state index in [2.05, 4.69) is 26.7 Å². The van der Waals surface area contributed by atoms with Crippen LogP contribution in [0.5, 0.6) is 5.75 Å². The van der Waals surface area contributed by atoms with Gasteiger partial charge in [-0.3, -0.25) is 9.20 Å². The molecule has 1 aromatic carbocycles. The number of aromatic nitrogens is 3. The van der Waals surface area contributed by atoms with E-state index in [9.17, 15) is 9.18 Å². The van der Waals surface area contributed by atoms with Crippen molar-refractivity contribution >= 4 is 28.7 Å². The summed E-state index contributed by atoms with van der Waals surface area (Å²) in [6, 6.07) is 5.50. The van der Waals surface area contributed by atoms with Crippen LogP contribution in [0, 0.1) is 5.82 Å². The number of carbonyl (C=O) groups excluding carboxylic acids is 1. The minimum Gasteiger partial charge on any atom is -0.493 e. The van der Waals surface area contributed by atoms with Gasteiger partial charge in [-0.1, -0.05) is 0 Å². The molecular weight excluding hydrogens is 441 g/mol. The zero-order chi connectivity index (χ0) is 22.1. The number of imidazole rings is 1. The van der Waals surface area contributed by atoms with Crippen molar-refractivity contribution in [2.24, 2.45) is 0 Å². The van der Waals surface area contributed by atoms with Crippen molar-refractivity contribution < 1.29 is 13.9 Å². The molecule has 3 aliphatic rings. The van der Waals surface area contributed by atoms with Gasteiger partial charge in [0.1, 0.15) is 17.9 Å². The molecule has 7 rings (SSSR count). The molecule has 4 aromatic rings. The van der Waals surface area contributed by atoms with Gasteiger partial charge in [-0.25, -0.2) is 14.4 Å². The van der Waals surface area contributed by atoms with Gasteiger partial charge < -0.3 is 15.0 Å². The second-order valence-corrected chi connectivity index (χ2v) is 9.68. The molecular formula is C24H20FN5O2S. The Morgan fingerprint density at radius 2 is 2.12 bits per heavy atom. The number of hydrogen-bond acceptors (Lipinski definition) is 6. The van der Waals surface area contributed by atoms with E-state index in [1.807, 2.05) is 9.30 Å². The van der Waals surface area contributed by atoms with Crippen LogP contribution in [-0.4, -0.2) is 37.8 Å². The van der Waals surface area contributed by atoms with Gasteiger partial charge in [0.2, 0.25) is 5.95 Å². The first-order valence-electron chi connectivity index (χ1n) is 11.1. The number of rotatable bonds is 4. The fourth-order valence-electron chi connectivity index (χ4n) is 4.92. The molecule has 0 unspecified atom stereocenters. The molecule has 1 fully saturated rings. The van der Waals surface area contributed by atoms with Crippen LogP contribution in [0.4, 0.5) is 10.3 Å². The number of anilines is 1. The van der Waals surface area contributed by atoms with Gasteiger partial charge in [-0.15, -0.1) is 11.3 Å². The van der Waals surface area contributed by atoms with Gasteiger partial charge in [0.05, 0.1) is 18.7 Å². The van der Waals surface area contributed by atoms with Gasteiger partial charge in [0.25, 0.3) is 5.91 Å². The van der Waals surface area contributed by atoms with Crippen molar-refractivity contribution in [1.82, 2.24) is 19.3 Å². The number of fused-ring (bicyclic) bond motifs is 3. The first kappa shape index (κ1) is 19.0. The highest BCUT2D eigenvalue weighted by atomic mass is 32.1. The largest absolute Gasteiger partial charge is 0.493 e. The minimum absolute atomic E-state index is 0.0403. The Labute approximate surface area is 192 Å². The lowest BCUT2D eigenvalue weighted by Crippen LogP contribution is -2.33. The van der Waals surface area contributed by atoms with E-state index in [1.165, 1.54) is 6.07 Å². The van der Waals surface area contributed by atoms with E-state index in [0.717, 1.165) is 45.7 Å². The Morgan fingerprint density at radius 3 is 3.00 bits per heavy atom. The van der Waals surface area contributed by atoms with Gasteiger partial charge in [0, 0.05) is 52.3 Å². The smallest absolute Gasteiger partial charge is 0.275 e. The molecule has 3 aromatic heterocycles. The molecule has 9 heteroatoms. The predicted molar refractivity (Wildman–Crippen MR) is 122 cm³/mol. The highest BCUT2D eigenvalue weighted by molar-refractivity contribution is 7.10. The Bertz CT molecular complexity index is 1440. The highest BCUT2D eigenvalue weighted by Crippen LogP contribution is 2.40. The van der Waals surface area contributed by atoms with E-state index < -0.39 is 0 Å². The van der Waals surface area contributed by atoms with Crippen LogP contribution in [0.2, 0.25) is 0 Å². The Hall–Kier alpha value is -3.46. The number of thiophene rings is 1. The molecule has 1 saturated carbocycles. The summed E-state index contributed by atoms with van der Waals surface area (Å²) < 4.78 is 22.0. The molecule has 7 nitrogen and oxygen atoms in total. The molecule has 0 atom stereocenters. The number of nitrogens with zero attached hydrogens (tertiary/aromatic N) is 4. The number of carbonyl (C=O) groups is 1. The molecule has 1 amide bonds. The zero-order valence-electron chi connectivity index (χ0n) is 17.7. The minimum atomic E-state index is -0.265. The highest BCUT2D eigenvalue weighted by Gasteiger charge is 2.37. The van der Waals surface area contributed by atoms with Crippen molar-refractivity contribution in [2.75, 3.05) is 11.9 Å². The number of amides is 1. The molecule has 0 spiro atoms. The number of nitrogens with one attached hydrogen (secondary N) is 1. The summed E-state index contributed by atoms with van der Waals surface area (Å²) in [5, 5.41) is 5.33. The summed E-state index contributed by atoms with van der Waals surface area (Å²) in [6.45, 7) is 1.44. The number of halogens is 1. The third-order valence-electron chi connectivity index (χ3n) is 6.73. The lowest BCUT2D eigenvalue weighted by molar-refractivity contribution is 0.0728. The summed E-state index contributed by atoms with van der Waals surface area (Å²) in [4.78, 5) is 25.7. The summed E-state index contributed by atoms with van der Waals surface area (Å²) in [7, 11) is 0. The van der Waals surface area contributed by atoms with Crippen molar-refractivity contribution in [3.8, 4) is 16.9 Å². The Balaban J connectivity index is 1.33. The first-order valence-corrected chi connectivity index (χ1v) is 12.0. The lowest BCUT2D eigenvalue weighted by atomic mass is 10.0. The maximum absolute atomic E-state index is 14.6. The molecule has 166 valence electrons. The predicted octanol–water partition coefficient (Wildman–Crippen LogP) is 4.26. The van der Waals surface area contributed by atoms with E-state index in [-0.39, 0.29) is 24.3 Å². The van der Waals surface area contributed by atoms with Crippen LogP contribution >= 0.6 is 11.3 Å². The topological polar surface area (TPSA) is 71.8 Å². The Kier molecular flexibility index (Phi) is 4.05. The van der Waals surface area contributed by atoms with Crippen molar-refractivity contribution in [3.63, 3.8) is 0 Å². The summed E-state index contributed by atoms with van der Waals surface area (Å²) in [5.41, 5.74) is 4.65. The fourth-order valence-corrected chi connectivity index (χ4v) is 5.81. The maximum atomic E-state index is 14.6. The van der Waals surface area contributed by atoms with Crippen LogP contribution in [0.3, 0.4) is 0 Å². The summed E-state index contributed by atoms with van der Waals surface area (Å²) >= 11 is 1.66. The van der Waals surface area contributed by atoms with Gasteiger partial charge in [-0.05, 0) is 36.4 Å². The van der Waals surface area contributed by atoms with Crippen molar-refractivity contribution in [3.05, 3.63) is 63.6 Å². The maximum Gasteiger partial charge on any atom is 0.275 e. The van der Waals surface area contributed by atoms with E-state index in [0.29, 0.717) is 36.8 Å². The molecule has 2 aliphatic heterocycles. The van der Waals surface area contributed by atoms with Crippen molar-refractivity contribution in [1.29, 1.82) is 0 Å². The third kappa shape index (κ3) is 2.88. The number of benzene rings is 1. The second-order valence-electron chi connectivity index (χ2n) is 8.68. The summed E-state index contributed by atoms with van der Waals surface area (Å²) in [6.07, 6.45) is 6.20. The van der Waals surface area contributed by atoms with E-state index in [1.54, 1.807) is 29.9 Å². The average Bonchev–Trinajstić information content (AvgIpc) is 3.21. The fraction of sp³-hybridized carbons (Fsp3) is 0.292. The lowest BCUT2D eigenvalue weighted by Gasteiger charge is -2.24. The van der Waals surface area contributed by atoms with Gasteiger partial charge in [-0.2, -0.15) is 0 Å². The van der Waals surface area contributed by atoms with Crippen LogP contribution in [0.15, 0.2) is 36.1 Å². The van der Waals surface area contributed by atoms with Gasteiger partial charge in [0.15, 0.2) is 5.69 Å². The van der Waals surface area contributed by atoms with Crippen LogP contribution in [0.1, 0.15) is 39.3 Å². The molecule has 33 heavy (non-hydrogen) atoms. The first-order chi connectivity index (χ1) is 16.2.